The van der Waals surface area contributed by atoms with Crippen LogP contribution in [0.25, 0.3) is 0 Å². The highest BCUT2D eigenvalue weighted by molar-refractivity contribution is 7.89. The molecule has 0 bridgehead atoms. The Morgan fingerprint density at radius 1 is 1.47 bits per heavy atom. The molecule has 1 amide bonds. The standard InChI is InChI=1S/C12H21N3O3S/c1-5-9(3)14(4)12(16)11-7-10(19(13,17)18)8-15(11)6-2/h7-9H,5-6H2,1-4H3,(H2,13,17,18). The Labute approximate surface area is 114 Å². The molecule has 0 aliphatic carbocycles. The summed E-state index contributed by atoms with van der Waals surface area (Å²) in [5.74, 6) is -0.203. The number of aromatic nitrogens is 1. The van der Waals surface area contributed by atoms with Gasteiger partial charge in [0.2, 0.25) is 10.0 Å². The van der Waals surface area contributed by atoms with E-state index in [9.17, 15) is 13.2 Å². The van der Waals surface area contributed by atoms with Crippen molar-refractivity contribution in [1.29, 1.82) is 0 Å². The van der Waals surface area contributed by atoms with E-state index in [1.807, 2.05) is 20.8 Å². The maximum absolute atomic E-state index is 12.3. The molecule has 2 N–H and O–H groups in total. The van der Waals surface area contributed by atoms with E-state index in [0.29, 0.717) is 12.2 Å². The lowest BCUT2D eigenvalue weighted by Crippen LogP contribution is -2.35. The molecule has 1 heterocycles. The molecule has 1 atom stereocenters. The smallest absolute Gasteiger partial charge is 0.270 e. The second-order valence-corrected chi connectivity index (χ2v) is 6.13. The van der Waals surface area contributed by atoms with E-state index in [4.69, 9.17) is 5.14 Å². The Morgan fingerprint density at radius 3 is 2.47 bits per heavy atom. The van der Waals surface area contributed by atoms with E-state index in [0.717, 1.165) is 6.42 Å². The molecule has 1 rings (SSSR count). The van der Waals surface area contributed by atoms with E-state index >= 15 is 0 Å². The average Bonchev–Trinajstić information content (AvgIpc) is 2.79. The fourth-order valence-electron chi connectivity index (χ4n) is 1.73. The van der Waals surface area contributed by atoms with Crippen LogP contribution in [0.15, 0.2) is 17.2 Å². The van der Waals surface area contributed by atoms with E-state index < -0.39 is 10.0 Å². The van der Waals surface area contributed by atoms with Crippen molar-refractivity contribution in [2.45, 2.75) is 44.7 Å². The normalized spacial score (nSPS) is 13.3. The van der Waals surface area contributed by atoms with Crippen molar-refractivity contribution in [3.05, 3.63) is 18.0 Å². The van der Waals surface area contributed by atoms with Gasteiger partial charge in [-0.1, -0.05) is 6.92 Å². The molecule has 1 aromatic rings. The highest BCUT2D eigenvalue weighted by atomic mass is 32.2. The first-order valence-electron chi connectivity index (χ1n) is 6.22. The molecule has 19 heavy (non-hydrogen) atoms. The van der Waals surface area contributed by atoms with Gasteiger partial charge in [0.25, 0.3) is 5.91 Å². The van der Waals surface area contributed by atoms with E-state index in [1.54, 1.807) is 16.5 Å². The van der Waals surface area contributed by atoms with Gasteiger partial charge in [0.15, 0.2) is 0 Å². The molecule has 0 aliphatic heterocycles. The number of nitrogens with zero attached hydrogens (tertiary/aromatic N) is 2. The molecule has 7 heteroatoms. The molecule has 0 spiro atoms. The summed E-state index contributed by atoms with van der Waals surface area (Å²) in [6, 6.07) is 1.42. The monoisotopic (exact) mass is 287 g/mol. The largest absolute Gasteiger partial charge is 0.342 e. The highest BCUT2D eigenvalue weighted by Gasteiger charge is 2.22. The quantitative estimate of drug-likeness (QED) is 0.877. The lowest BCUT2D eigenvalue weighted by atomic mass is 10.2. The van der Waals surface area contributed by atoms with Crippen LogP contribution >= 0.6 is 0 Å². The van der Waals surface area contributed by atoms with Crippen LogP contribution in [0.5, 0.6) is 0 Å². The van der Waals surface area contributed by atoms with Crippen LogP contribution < -0.4 is 5.14 Å². The lowest BCUT2D eigenvalue weighted by Gasteiger charge is -2.24. The summed E-state index contributed by atoms with van der Waals surface area (Å²) in [4.78, 5) is 13.9. The van der Waals surface area contributed by atoms with Crippen molar-refractivity contribution in [3.8, 4) is 0 Å². The first kappa shape index (κ1) is 15.7. The Hall–Kier alpha value is -1.34. The van der Waals surface area contributed by atoms with Crippen LogP contribution in [0.3, 0.4) is 0 Å². The van der Waals surface area contributed by atoms with E-state index in [2.05, 4.69) is 0 Å². The van der Waals surface area contributed by atoms with Crippen molar-refractivity contribution < 1.29 is 13.2 Å². The Bertz CT molecular complexity index is 563. The highest BCUT2D eigenvalue weighted by Crippen LogP contribution is 2.16. The number of carbonyl (C=O) groups is 1. The van der Waals surface area contributed by atoms with Crippen molar-refractivity contribution in [1.82, 2.24) is 9.47 Å². The van der Waals surface area contributed by atoms with Gasteiger partial charge in [-0.3, -0.25) is 4.79 Å². The van der Waals surface area contributed by atoms with Crippen molar-refractivity contribution in [2.75, 3.05) is 7.05 Å². The average molecular weight is 287 g/mol. The molecule has 0 saturated carbocycles. The SMILES string of the molecule is CCC(C)N(C)C(=O)c1cc(S(N)(=O)=O)cn1CC. The van der Waals surface area contributed by atoms with E-state index in [1.165, 1.54) is 12.3 Å². The zero-order valence-corrected chi connectivity index (χ0v) is 12.6. The fourth-order valence-corrected chi connectivity index (χ4v) is 2.28. The van der Waals surface area contributed by atoms with Gasteiger partial charge in [0.1, 0.15) is 10.6 Å². The Kier molecular flexibility index (Phi) is 4.75. The Balaban J connectivity index is 3.20. The lowest BCUT2D eigenvalue weighted by molar-refractivity contribution is 0.0729. The topological polar surface area (TPSA) is 85.4 Å². The first-order valence-corrected chi connectivity index (χ1v) is 7.77. The van der Waals surface area contributed by atoms with Gasteiger partial charge in [-0.2, -0.15) is 0 Å². The molecular weight excluding hydrogens is 266 g/mol. The van der Waals surface area contributed by atoms with E-state index in [-0.39, 0.29) is 16.8 Å². The Morgan fingerprint density at radius 2 is 2.05 bits per heavy atom. The number of aryl methyl sites for hydroxylation is 1. The second-order valence-electron chi connectivity index (χ2n) is 4.57. The maximum Gasteiger partial charge on any atom is 0.270 e. The number of nitrogens with two attached hydrogens (primary N) is 1. The molecule has 0 saturated heterocycles. The summed E-state index contributed by atoms with van der Waals surface area (Å²) in [6.45, 7) is 6.28. The molecule has 0 radical (unpaired) electrons. The zero-order chi connectivity index (χ0) is 14.8. The number of sulfonamides is 1. The van der Waals surface area contributed by atoms with Gasteiger partial charge in [-0.25, -0.2) is 13.6 Å². The third-order valence-corrected chi connectivity index (χ3v) is 4.21. The minimum absolute atomic E-state index is 0.0322. The van der Waals surface area contributed by atoms with Crippen LogP contribution in [-0.2, 0) is 16.6 Å². The van der Waals surface area contributed by atoms with Crippen LogP contribution in [0, 0.1) is 0 Å². The number of hydrogen-bond donors (Lipinski definition) is 1. The number of rotatable bonds is 5. The third-order valence-electron chi connectivity index (χ3n) is 3.33. The summed E-state index contributed by atoms with van der Waals surface area (Å²) >= 11 is 0. The molecule has 0 aliphatic rings. The van der Waals surface area contributed by atoms with Crippen LogP contribution in [0.1, 0.15) is 37.7 Å². The second kappa shape index (κ2) is 5.75. The summed E-state index contributed by atoms with van der Waals surface area (Å²) in [7, 11) is -2.08. The molecule has 0 fully saturated rings. The van der Waals surface area contributed by atoms with Crippen LogP contribution in [-0.4, -0.2) is 36.9 Å². The molecule has 6 nitrogen and oxygen atoms in total. The fraction of sp³-hybridized carbons (Fsp3) is 0.583. The minimum atomic E-state index is -3.79. The van der Waals surface area contributed by atoms with Crippen molar-refractivity contribution in [3.63, 3.8) is 0 Å². The number of amides is 1. The number of carbonyl (C=O) groups excluding carboxylic acids is 1. The molecular formula is C12H21N3O3S. The van der Waals surface area contributed by atoms with Gasteiger partial charge in [-0.15, -0.1) is 0 Å². The molecule has 1 aromatic heterocycles. The van der Waals surface area contributed by atoms with Crippen LogP contribution in [0.2, 0.25) is 0 Å². The van der Waals surface area contributed by atoms with Crippen molar-refractivity contribution >= 4 is 15.9 Å². The predicted molar refractivity (Wildman–Crippen MR) is 73.3 cm³/mol. The maximum atomic E-state index is 12.3. The minimum Gasteiger partial charge on any atom is -0.342 e. The summed E-state index contributed by atoms with van der Waals surface area (Å²) in [6.07, 6.45) is 2.23. The molecule has 0 aromatic carbocycles. The van der Waals surface area contributed by atoms with Gasteiger partial charge in [0, 0.05) is 25.8 Å². The molecule has 108 valence electrons. The van der Waals surface area contributed by atoms with Crippen LogP contribution in [0.4, 0.5) is 0 Å². The summed E-state index contributed by atoms with van der Waals surface area (Å²) < 4.78 is 24.3. The van der Waals surface area contributed by atoms with Gasteiger partial charge >= 0.3 is 0 Å². The summed E-state index contributed by atoms with van der Waals surface area (Å²) in [5, 5.41) is 5.09. The van der Waals surface area contributed by atoms with Gasteiger partial charge in [-0.05, 0) is 26.3 Å². The van der Waals surface area contributed by atoms with Gasteiger partial charge < -0.3 is 9.47 Å². The zero-order valence-electron chi connectivity index (χ0n) is 11.8. The van der Waals surface area contributed by atoms with Crippen molar-refractivity contribution in [2.24, 2.45) is 5.14 Å². The number of primary sulfonamides is 1. The van der Waals surface area contributed by atoms with Gasteiger partial charge in [0.05, 0.1) is 0 Å². The number of hydrogen-bond acceptors (Lipinski definition) is 3. The predicted octanol–water partition coefficient (Wildman–Crippen LogP) is 1.03. The first-order chi connectivity index (χ1) is 8.72. The third kappa shape index (κ3) is 3.36. The molecule has 1 unspecified atom stereocenters. The summed E-state index contributed by atoms with van der Waals surface area (Å²) in [5.41, 5.74) is 0.342.